The summed E-state index contributed by atoms with van der Waals surface area (Å²) in [5.74, 6) is 2.32. The van der Waals surface area contributed by atoms with Gasteiger partial charge in [0.2, 0.25) is 0 Å². The summed E-state index contributed by atoms with van der Waals surface area (Å²) >= 11 is 1.70. The molecule has 0 radical (unpaired) electrons. The van der Waals surface area contributed by atoms with E-state index in [1.54, 1.807) is 30.1 Å². The van der Waals surface area contributed by atoms with Gasteiger partial charge in [0.25, 0.3) is 0 Å². The minimum Gasteiger partial charge on any atom is -0.305 e. The smallest absolute Gasteiger partial charge is 0.305 e. The Bertz CT molecular complexity index is 1150. The van der Waals surface area contributed by atoms with E-state index < -0.39 is 11.7 Å². The van der Waals surface area contributed by atoms with E-state index in [1.807, 2.05) is 30.7 Å². The van der Waals surface area contributed by atoms with E-state index in [1.165, 1.54) is 12.1 Å². The predicted molar refractivity (Wildman–Crippen MR) is 129 cm³/mol. The quantitative estimate of drug-likeness (QED) is 0.316. The summed E-state index contributed by atoms with van der Waals surface area (Å²) in [6.45, 7) is 4.91. The highest BCUT2D eigenvalue weighted by Crippen LogP contribution is 2.59. The van der Waals surface area contributed by atoms with Crippen LogP contribution in [-0.4, -0.2) is 50.0 Å². The summed E-state index contributed by atoms with van der Waals surface area (Å²) in [7, 11) is 1.98. The molecule has 3 aromatic rings. The average Bonchev–Trinajstić information content (AvgIpc) is 3.17. The molecule has 1 saturated heterocycles. The first-order chi connectivity index (χ1) is 15.8. The van der Waals surface area contributed by atoms with Gasteiger partial charge >= 0.3 is 6.18 Å². The number of aryl methyl sites for hydroxylation is 1. The highest BCUT2D eigenvalue weighted by atomic mass is 35.5. The van der Waals surface area contributed by atoms with Gasteiger partial charge in [-0.15, -0.1) is 22.6 Å². The van der Waals surface area contributed by atoms with Gasteiger partial charge in [0.15, 0.2) is 11.0 Å². The molecule has 5 rings (SSSR count). The van der Waals surface area contributed by atoms with Crippen molar-refractivity contribution in [2.45, 2.75) is 36.5 Å². The highest BCUT2D eigenvalue weighted by Gasteiger charge is 2.60. The number of likely N-dealkylation sites (tertiary alicyclic amines) is 1. The fourth-order valence-electron chi connectivity index (χ4n) is 5.04. The van der Waals surface area contributed by atoms with Crippen molar-refractivity contribution in [3.05, 3.63) is 59.4 Å². The molecular formula is C24H27ClF3N5S. The van der Waals surface area contributed by atoms with Crippen LogP contribution in [0.3, 0.4) is 0 Å². The molecule has 182 valence electrons. The number of hydrogen-bond acceptors (Lipinski definition) is 5. The molecule has 0 bridgehead atoms. The van der Waals surface area contributed by atoms with E-state index >= 15 is 0 Å². The maximum absolute atomic E-state index is 12.9. The molecule has 2 unspecified atom stereocenters. The number of hydrogen-bond donors (Lipinski definition) is 0. The van der Waals surface area contributed by atoms with Gasteiger partial charge in [0, 0.05) is 48.8 Å². The lowest BCUT2D eigenvalue weighted by molar-refractivity contribution is -0.137. The van der Waals surface area contributed by atoms with Crippen molar-refractivity contribution in [2.24, 2.45) is 13.0 Å². The summed E-state index contributed by atoms with van der Waals surface area (Å²) in [4.78, 5) is 6.79. The Hall–Kier alpha value is -2.10. The molecule has 3 heterocycles. The number of fused-ring (bicyclic) bond motifs is 1. The van der Waals surface area contributed by atoms with Gasteiger partial charge in [-0.2, -0.15) is 13.2 Å². The second-order valence-electron chi connectivity index (χ2n) is 9.07. The number of nitrogens with zero attached hydrogens (tertiary/aromatic N) is 5. The number of thioether (sulfide) groups is 1. The van der Waals surface area contributed by atoms with E-state index in [-0.39, 0.29) is 17.8 Å². The summed E-state index contributed by atoms with van der Waals surface area (Å²) in [6, 6.07) is 9.71. The van der Waals surface area contributed by atoms with Gasteiger partial charge in [0.05, 0.1) is 5.56 Å². The first-order valence-corrected chi connectivity index (χ1v) is 12.1. The summed E-state index contributed by atoms with van der Waals surface area (Å²) in [6.07, 6.45) is -0.401. The molecule has 1 aromatic carbocycles. The molecule has 1 saturated carbocycles. The van der Waals surface area contributed by atoms with Crippen molar-refractivity contribution >= 4 is 24.2 Å². The number of benzene rings is 1. The van der Waals surface area contributed by atoms with Crippen LogP contribution < -0.4 is 0 Å². The lowest BCUT2D eigenvalue weighted by atomic mass is 9.94. The van der Waals surface area contributed by atoms with Crippen molar-refractivity contribution in [1.82, 2.24) is 24.6 Å². The zero-order valence-electron chi connectivity index (χ0n) is 19.0. The van der Waals surface area contributed by atoms with Crippen LogP contribution in [0.15, 0.2) is 47.8 Å². The zero-order chi connectivity index (χ0) is 23.2. The van der Waals surface area contributed by atoms with Crippen molar-refractivity contribution in [3.63, 3.8) is 0 Å². The molecule has 1 aliphatic heterocycles. The number of halogens is 4. The third-order valence-electron chi connectivity index (χ3n) is 6.94. The van der Waals surface area contributed by atoms with Gasteiger partial charge in [-0.3, -0.25) is 4.98 Å². The third kappa shape index (κ3) is 4.70. The zero-order valence-corrected chi connectivity index (χ0v) is 20.7. The Morgan fingerprint density at radius 2 is 1.91 bits per heavy atom. The van der Waals surface area contributed by atoms with Crippen LogP contribution in [0.25, 0.3) is 11.4 Å². The van der Waals surface area contributed by atoms with Crippen molar-refractivity contribution in [1.29, 1.82) is 0 Å². The minimum absolute atomic E-state index is 0. The van der Waals surface area contributed by atoms with Crippen LogP contribution in [0.5, 0.6) is 0 Å². The maximum atomic E-state index is 12.9. The number of aromatic nitrogens is 4. The van der Waals surface area contributed by atoms with Gasteiger partial charge in [-0.1, -0.05) is 23.9 Å². The molecule has 0 spiro atoms. The van der Waals surface area contributed by atoms with Crippen LogP contribution >= 0.6 is 24.2 Å². The highest BCUT2D eigenvalue weighted by molar-refractivity contribution is 7.99. The first kappa shape index (κ1) is 25.0. The first-order valence-electron chi connectivity index (χ1n) is 11.1. The molecule has 2 atom stereocenters. The summed E-state index contributed by atoms with van der Waals surface area (Å²) in [5.41, 5.74) is 2.45. The standard InChI is InChI=1S/C24H26F3N5S.ClH/c1-16-20(5-3-10-28-16)21-29-30-22(31(21)2)33-12-4-11-32-14-19-13-23(19,15-32)17-6-8-18(9-7-17)24(25,26)27;/h3,5-10,19H,4,11-15H2,1-2H3;1H. The summed E-state index contributed by atoms with van der Waals surface area (Å²) < 4.78 is 40.6. The van der Waals surface area contributed by atoms with Crippen LogP contribution in [0.1, 0.15) is 29.7 Å². The second-order valence-corrected chi connectivity index (χ2v) is 10.1. The van der Waals surface area contributed by atoms with Crippen LogP contribution in [0.4, 0.5) is 13.2 Å². The Morgan fingerprint density at radius 1 is 1.15 bits per heavy atom. The SMILES string of the molecule is Cc1ncccc1-c1nnc(SCCCN2CC3CC3(c3ccc(C(F)(F)F)cc3)C2)n1C.Cl. The van der Waals surface area contributed by atoms with Crippen molar-refractivity contribution < 1.29 is 13.2 Å². The molecule has 34 heavy (non-hydrogen) atoms. The van der Waals surface area contributed by atoms with Gasteiger partial charge in [-0.25, -0.2) is 0 Å². The van der Waals surface area contributed by atoms with E-state index in [4.69, 9.17) is 0 Å². The number of piperidine rings is 1. The molecular weight excluding hydrogens is 483 g/mol. The van der Waals surface area contributed by atoms with Gasteiger partial charge in [0.1, 0.15) is 0 Å². The molecule has 10 heteroatoms. The molecule has 2 aliphatic rings. The Labute approximate surface area is 207 Å². The fraction of sp³-hybridized carbons (Fsp3) is 0.458. The lowest BCUT2D eigenvalue weighted by Gasteiger charge is -2.21. The Kier molecular flexibility index (Phi) is 6.99. The van der Waals surface area contributed by atoms with Crippen LogP contribution in [0, 0.1) is 12.8 Å². The Balaban J connectivity index is 0.00000274. The van der Waals surface area contributed by atoms with E-state index in [9.17, 15) is 13.2 Å². The van der Waals surface area contributed by atoms with Crippen LogP contribution in [-0.2, 0) is 18.6 Å². The second kappa shape index (κ2) is 9.51. The Morgan fingerprint density at radius 3 is 2.62 bits per heavy atom. The van der Waals surface area contributed by atoms with E-state index in [0.717, 1.165) is 66.0 Å². The predicted octanol–water partition coefficient (Wildman–Crippen LogP) is 5.38. The largest absolute Gasteiger partial charge is 0.416 e. The topological polar surface area (TPSA) is 46.8 Å². The number of pyridine rings is 1. The molecule has 2 fully saturated rings. The normalized spacial score (nSPS) is 21.9. The molecule has 5 nitrogen and oxygen atoms in total. The average molecular weight is 510 g/mol. The number of alkyl halides is 3. The molecule has 1 aliphatic carbocycles. The number of rotatable bonds is 7. The third-order valence-corrected chi connectivity index (χ3v) is 8.04. The molecule has 2 aromatic heterocycles. The van der Waals surface area contributed by atoms with E-state index in [2.05, 4.69) is 20.1 Å². The fourth-order valence-corrected chi connectivity index (χ4v) is 5.88. The summed E-state index contributed by atoms with van der Waals surface area (Å²) in [5, 5.41) is 9.59. The van der Waals surface area contributed by atoms with Gasteiger partial charge < -0.3 is 9.47 Å². The van der Waals surface area contributed by atoms with Crippen molar-refractivity contribution in [3.8, 4) is 11.4 Å². The van der Waals surface area contributed by atoms with Crippen molar-refractivity contribution in [2.75, 3.05) is 25.4 Å². The lowest BCUT2D eigenvalue weighted by Crippen LogP contribution is -2.28. The molecule has 0 amide bonds. The maximum Gasteiger partial charge on any atom is 0.416 e. The molecule has 0 N–H and O–H groups in total. The minimum atomic E-state index is -4.28. The van der Waals surface area contributed by atoms with Gasteiger partial charge in [-0.05, 0) is 62.1 Å². The monoisotopic (exact) mass is 509 g/mol. The van der Waals surface area contributed by atoms with E-state index in [0.29, 0.717) is 5.92 Å². The van der Waals surface area contributed by atoms with Crippen LogP contribution in [0.2, 0.25) is 0 Å².